The first kappa shape index (κ1) is 14.5. The van der Waals surface area contributed by atoms with E-state index in [0.717, 1.165) is 28.9 Å². The fourth-order valence-corrected chi connectivity index (χ4v) is 3.13. The van der Waals surface area contributed by atoms with E-state index in [4.69, 9.17) is 4.74 Å². The van der Waals surface area contributed by atoms with Crippen molar-refractivity contribution < 1.29 is 9.53 Å². The first-order valence-corrected chi connectivity index (χ1v) is 7.53. The van der Waals surface area contributed by atoms with Gasteiger partial charge in [0.1, 0.15) is 11.5 Å². The summed E-state index contributed by atoms with van der Waals surface area (Å²) >= 11 is 3.45. The summed E-state index contributed by atoms with van der Waals surface area (Å²) in [5.41, 5.74) is 1.04. The van der Waals surface area contributed by atoms with Gasteiger partial charge < -0.3 is 10.1 Å². The number of Topliss-reactive ketones (excluding diaryl/α,β-unsaturated/α-hetero) is 1. The van der Waals surface area contributed by atoms with Crippen molar-refractivity contribution in [2.24, 2.45) is 5.92 Å². The second kappa shape index (κ2) is 7.06. The molecule has 1 fully saturated rings. The quantitative estimate of drug-likeness (QED) is 0.904. The lowest BCUT2D eigenvalue weighted by Crippen LogP contribution is -2.31. The molecule has 0 spiro atoms. The van der Waals surface area contributed by atoms with Gasteiger partial charge in [-0.25, -0.2) is 0 Å². The maximum atomic E-state index is 12.1. The van der Waals surface area contributed by atoms with Gasteiger partial charge in [0.15, 0.2) is 0 Å². The molecule has 104 valence electrons. The smallest absolute Gasteiger partial charge is 0.137 e. The Bertz CT molecular complexity index is 442. The Morgan fingerprint density at radius 2 is 2.37 bits per heavy atom. The predicted octanol–water partition coefficient (Wildman–Crippen LogP) is 2.96. The van der Waals surface area contributed by atoms with Crippen LogP contribution in [0.5, 0.6) is 5.75 Å². The van der Waals surface area contributed by atoms with E-state index in [1.165, 1.54) is 12.8 Å². The van der Waals surface area contributed by atoms with E-state index in [-0.39, 0.29) is 0 Å². The Balaban J connectivity index is 1.89. The summed E-state index contributed by atoms with van der Waals surface area (Å²) in [7, 11) is 1.64. The third kappa shape index (κ3) is 4.32. The monoisotopic (exact) mass is 325 g/mol. The average Bonchev–Trinajstić information content (AvgIpc) is 2.40. The predicted molar refractivity (Wildman–Crippen MR) is 79.6 cm³/mol. The second-order valence-electron chi connectivity index (χ2n) is 5.10. The van der Waals surface area contributed by atoms with Crippen LogP contribution in [0.15, 0.2) is 22.7 Å². The summed E-state index contributed by atoms with van der Waals surface area (Å²) in [6.45, 7) is 2.08. The summed E-state index contributed by atoms with van der Waals surface area (Å²) in [6.07, 6.45) is 3.56. The largest absolute Gasteiger partial charge is 0.496 e. The second-order valence-corrected chi connectivity index (χ2v) is 5.96. The van der Waals surface area contributed by atoms with Crippen LogP contribution in [-0.2, 0) is 11.2 Å². The van der Waals surface area contributed by atoms with E-state index in [2.05, 4.69) is 21.2 Å². The molecular weight excluding hydrogens is 306 g/mol. The number of piperidine rings is 1. The number of carbonyl (C=O) groups excluding carboxylic acids is 1. The Morgan fingerprint density at radius 3 is 3.00 bits per heavy atom. The molecule has 0 bridgehead atoms. The van der Waals surface area contributed by atoms with E-state index in [0.29, 0.717) is 24.5 Å². The highest BCUT2D eigenvalue weighted by Crippen LogP contribution is 2.26. The van der Waals surface area contributed by atoms with Crippen LogP contribution >= 0.6 is 15.9 Å². The van der Waals surface area contributed by atoms with Crippen LogP contribution < -0.4 is 10.1 Å². The van der Waals surface area contributed by atoms with Gasteiger partial charge >= 0.3 is 0 Å². The fraction of sp³-hybridized carbons (Fsp3) is 0.533. The lowest BCUT2D eigenvalue weighted by Gasteiger charge is -2.21. The van der Waals surface area contributed by atoms with Crippen molar-refractivity contribution in [2.45, 2.75) is 25.7 Å². The number of benzene rings is 1. The van der Waals surface area contributed by atoms with Gasteiger partial charge in [0, 0.05) is 12.8 Å². The number of rotatable bonds is 5. The molecular formula is C15H20BrNO2. The summed E-state index contributed by atoms with van der Waals surface area (Å²) in [5, 5.41) is 3.35. The normalized spacial score (nSPS) is 19.2. The minimum Gasteiger partial charge on any atom is -0.496 e. The Kier molecular flexibility index (Phi) is 5.40. The number of hydrogen-bond acceptors (Lipinski definition) is 3. The molecule has 3 nitrogen and oxygen atoms in total. The number of hydrogen-bond donors (Lipinski definition) is 1. The Labute approximate surface area is 122 Å². The molecule has 0 aliphatic carbocycles. The highest BCUT2D eigenvalue weighted by atomic mass is 79.9. The molecule has 1 aliphatic heterocycles. The van der Waals surface area contributed by atoms with E-state index in [1.807, 2.05) is 18.2 Å². The molecule has 1 aromatic carbocycles. The van der Waals surface area contributed by atoms with Crippen molar-refractivity contribution in [3.8, 4) is 5.75 Å². The van der Waals surface area contributed by atoms with E-state index < -0.39 is 0 Å². The molecule has 1 aliphatic rings. The molecule has 1 heterocycles. The molecule has 19 heavy (non-hydrogen) atoms. The van der Waals surface area contributed by atoms with Crippen molar-refractivity contribution in [2.75, 3.05) is 20.2 Å². The third-order valence-corrected chi connectivity index (χ3v) is 4.15. The highest BCUT2D eigenvalue weighted by Gasteiger charge is 2.17. The molecule has 0 saturated carbocycles. The van der Waals surface area contributed by atoms with Gasteiger partial charge in [0.25, 0.3) is 0 Å². The van der Waals surface area contributed by atoms with E-state index in [1.54, 1.807) is 7.11 Å². The van der Waals surface area contributed by atoms with E-state index >= 15 is 0 Å². The first-order valence-electron chi connectivity index (χ1n) is 6.74. The van der Waals surface area contributed by atoms with Crippen LogP contribution in [0.25, 0.3) is 0 Å². The molecule has 0 amide bonds. The van der Waals surface area contributed by atoms with Crippen molar-refractivity contribution in [1.82, 2.24) is 5.32 Å². The lowest BCUT2D eigenvalue weighted by atomic mass is 9.92. The minimum absolute atomic E-state index is 0.325. The van der Waals surface area contributed by atoms with Crippen LogP contribution in [-0.4, -0.2) is 26.0 Å². The van der Waals surface area contributed by atoms with Crippen LogP contribution in [0.1, 0.15) is 24.8 Å². The summed E-state index contributed by atoms with van der Waals surface area (Å²) < 4.78 is 6.09. The van der Waals surface area contributed by atoms with Crippen LogP contribution in [0.2, 0.25) is 0 Å². The first-order chi connectivity index (χ1) is 9.19. The molecule has 1 aromatic rings. The number of carbonyl (C=O) groups is 1. The minimum atomic E-state index is 0.325. The van der Waals surface area contributed by atoms with Gasteiger partial charge in [-0.2, -0.15) is 0 Å². The Hall–Kier alpha value is -0.870. The average molecular weight is 326 g/mol. The number of halogens is 1. The summed E-state index contributed by atoms with van der Waals surface area (Å²) in [5.74, 6) is 1.64. The molecule has 1 unspecified atom stereocenters. The van der Waals surface area contributed by atoms with Gasteiger partial charge in [0.05, 0.1) is 11.6 Å². The molecule has 4 heteroatoms. The van der Waals surface area contributed by atoms with Crippen molar-refractivity contribution in [3.05, 3.63) is 28.2 Å². The molecule has 0 radical (unpaired) electrons. The standard InChI is InChI=1S/C15H20BrNO2/c1-19-15-5-4-11(9-14(15)16)7-13(18)8-12-3-2-6-17-10-12/h4-5,9,12,17H,2-3,6-8,10H2,1H3. The summed E-state index contributed by atoms with van der Waals surface area (Å²) in [4.78, 5) is 12.1. The summed E-state index contributed by atoms with van der Waals surface area (Å²) in [6, 6.07) is 5.82. The zero-order chi connectivity index (χ0) is 13.7. The lowest BCUT2D eigenvalue weighted by molar-refractivity contribution is -0.119. The van der Waals surface area contributed by atoms with Crippen molar-refractivity contribution >= 4 is 21.7 Å². The zero-order valence-electron chi connectivity index (χ0n) is 11.2. The molecule has 2 rings (SSSR count). The van der Waals surface area contributed by atoms with Crippen LogP contribution in [0.3, 0.4) is 0 Å². The van der Waals surface area contributed by atoms with Crippen LogP contribution in [0, 0.1) is 5.92 Å². The highest BCUT2D eigenvalue weighted by molar-refractivity contribution is 9.10. The molecule has 0 aromatic heterocycles. The maximum absolute atomic E-state index is 12.1. The molecule has 1 N–H and O–H groups in total. The van der Waals surface area contributed by atoms with Gasteiger partial charge in [-0.05, 0) is 65.5 Å². The zero-order valence-corrected chi connectivity index (χ0v) is 12.8. The van der Waals surface area contributed by atoms with Crippen molar-refractivity contribution in [1.29, 1.82) is 0 Å². The molecule has 1 saturated heterocycles. The van der Waals surface area contributed by atoms with Crippen LogP contribution in [0.4, 0.5) is 0 Å². The topological polar surface area (TPSA) is 38.3 Å². The Morgan fingerprint density at radius 1 is 1.53 bits per heavy atom. The fourth-order valence-electron chi connectivity index (χ4n) is 2.54. The van der Waals surface area contributed by atoms with Gasteiger partial charge in [-0.3, -0.25) is 4.79 Å². The van der Waals surface area contributed by atoms with Gasteiger partial charge in [0.2, 0.25) is 0 Å². The van der Waals surface area contributed by atoms with Crippen molar-refractivity contribution in [3.63, 3.8) is 0 Å². The SMILES string of the molecule is COc1ccc(CC(=O)CC2CCCNC2)cc1Br. The maximum Gasteiger partial charge on any atom is 0.137 e. The number of ketones is 1. The third-order valence-electron chi connectivity index (χ3n) is 3.53. The number of methoxy groups -OCH3 is 1. The number of nitrogens with one attached hydrogen (secondary N) is 1. The number of ether oxygens (including phenoxy) is 1. The molecule has 1 atom stereocenters. The van der Waals surface area contributed by atoms with Gasteiger partial charge in [-0.1, -0.05) is 6.07 Å². The van der Waals surface area contributed by atoms with E-state index in [9.17, 15) is 4.79 Å². The van der Waals surface area contributed by atoms with Gasteiger partial charge in [-0.15, -0.1) is 0 Å².